The molecule has 0 spiro atoms. The molecule has 0 saturated carbocycles. The number of hydrogen-bond donors (Lipinski definition) is 1. The van der Waals surface area contributed by atoms with Gasteiger partial charge >= 0.3 is 11.1 Å². The summed E-state index contributed by atoms with van der Waals surface area (Å²) < 4.78 is 6.56. The Labute approximate surface area is 162 Å². The summed E-state index contributed by atoms with van der Waals surface area (Å²) in [5.74, 6) is 0.619. The van der Waals surface area contributed by atoms with E-state index in [1.165, 1.54) is 4.57 Å². The fourth-order valence-electron chi connectivity index (χ4n) is 3.19. The highest BCUT2D eigenvalue weighted by Crippen LogP contribution is 2.17. The smallest absolute Gasteiger partial charge is 0.316 e. The van der Waals surface area contributed by atoms with Crippen LogP contribution in [-0.4, -0.2) is 34.0 Å². The fraction of sp³-hybridized carbons (Fsp3) is 0.286. The SMILES string of the molecule is CCN(Cc1ccc(OC)cc1)C(=O)c1ccc2c(c1)[nH]c(=O)c(=O)n2CC. The molecule has 0 unspecified atom stereocenters. The van der Waals surface area contributed by atoms with Crippen LogP contribution in [0.2, 0.25) is 0 Å². The Morgan fingerprint density at radius 2 is 1.82 bits per heavy atom. The van der Waals surface area contributed by atoms with Gasteiger partial charge in [0.15, 0.2) is 0 Å². The van der Waals surface area contributed by atoms with Crippen molar-refractivity contribution in [3.8, 4) is 5.75 Å². The molecule has 0 aliphatic heterocycles. The van der Waals surface area contributed by atoms with Gasteiger partial charge in [-0.15, -0.1) is 0 Å². The van der Waals surface area contributed by atoms with Gasteiger partial charge in [-0.1, -0.05) is 12.1 Å². The Bertz CT molecular complexity index is 1110. The second-order valence-corrected chi connectivity index (χ2v) is 6.40. The number of nitrogens with one attached hydrogen (secondary N) is 1. The predicted octanol–water partition coefficient (Wildman–Crippen LogP) is 2.38. The number of benzene rings is 2. The van der Waals surface area contributed by atoms with Gasteiger partial charge < -0.3 is 19.2 Å². The van der Waals surface area contributed by atoms with E-state index in [0.29, 0.717) is 36.2 Å². The summed E-state index contributed by atoms with van der Waals surface area (Å²) in [4.78, 5) is 41.1. The van der Waals surface area contributed by atoms with Crippen LogP contribution in [0.1, 0.15) is 29.8 Å². The molecule has 0 radical (unpaired) electrons. The van der Waals surface area contributed by atoms with Gasteiger partial charge in [-0.05, 0) is 49.7 Å². The zero-order chi connectivity index (χ0) is 20.3. The van der Waals surface area contributed by atoms with Crippen molar-refractivity contribution in [1.82, 2.24) is 14.5 Å². The normalized spacial score (nSPS) is 10.8. The summed E-state index contributed by atoms with van der Waals surface area (Å²) in [6.45, 7) is 5.09. The summed E-state index contributed by atoms with van der Waals surface area (Å²) in [7, 11) is 1.61. The van der Waals surface area contributed by atoms with Crippen molar-refractivity contribution in [2.75, 3.05) is 13.7 Å². The van der Waals surface area contributed by atoms with Crippen LogP contribution in [0.5, 0.6) is 5.75 Å². The predicted molar refractivity (Wildman–Crippen MR) is 108 cm³/mol. The maximum atomic E-state index is 13.0. The number of amides is 1. The lowest BCUT2D eigenvalue weighted by atomic mass is 10.1. The van der Waals surface area contributed by atoms with Crippen molar-refractivity contribution in [2.24, 2.45) is 0 Å². The van der Waals surface area contributed by atoms with Gasteiger partial charge in [0, 0.05) is 25.2 Å². The van der Waals surface area contributed by atoms with E-state index >= 15 is 0 Å². The lowest BCUT2D eigenvalue weighted by Crippen LogP contribution is -2.36. The third-order valence-corrected chi connectivity index (χ3v) is 4.74. The van der Waals surface area contributed by atoms with Crippen LogP contribution in [0, 0.1) is 0 Å². The molecule has 3 rings (SSSR count). The maximum Gasteiger partial charge on any atom is 0.316 e. The van der Waals surface area contributed by atoms with Crippen LogP contribution in [0.3, 0.4) is 0 Å². The standard InChI is InChI=1S/C21H23N3O4/c1-4-23(13-14-6-9-16(28-3)10-7-14)20(26)15-8-11-18-17(12-15)22-19(25)21(27)24(18)5-2/h6-12H,4-5,13H2,1-3H3,(H,22,25). The van der Waals surface area contributed by atoms with Gasteiger partial charge in [-0.25, -0.2) is 0 Å². The van der Waals surface area contributed by atoms with Crippen molar-refractivity contribution in [3.05, 3.63) is 74.3 Å². The van der Waals surface area contributed by atoms with Crippen LogP contribution < -0.4 is 15.9 Å². The molecule has 1 N–H and O–H groups in total. The summed E-state index contributed by atoms with van der Waals surface area (Å²) in [6.07, 6.45) is 0. The van der Waals surface area contributed by atoms with Gasteiger partial charge in [0.05, 0.1) is 18.1 Å². The highest BCUT2D eigenvalue weighted by atomic mass is 16.5. The minimum absolute atomic E-state index is 0.143. The molecule has 7 nitrogen and oxygen atoms in total. The van der Waals surface area contributed by atoms with Gasteiger partial charge in [0.1, 0.15) is 5.75 Å². The average molecular weight is 381 g/mol. The van der Waals surface area contributed by atoms with E-state index in [2.05, 4.69) is 4.98 Å². The van der Waals surface area contributed by atoms with Crippen LogP contribution in [-0.2, 0) is 13.1 Å². The first-order chi connectivity index (χ1) is 13.5. The van der Waals surface area contributed by atoms with Crippen molar-refractivity contribution in [1.29, 1.82) is 0 Å². The number of aromatic nitrogens is 2. The second-order valence-electron chi connectivity index (χ2n) is 6.40. The Balaban J connectivity index is 1.93. The number of aromatic amines is 1. The topological polar surface area (TPSA) is 84.4 Å². The highest BCUT2D eigenvalue weighted by Gasteiger charge is 2.16. The Morgan fingerprint density at radius 1 is 1.11 bits per heavy atom. The molecule has 28 heavy (non-hydrogen) atoms. The molecule has 1 aromatic heterocycles. The molecule has 0 fully saturated rings. The van der Waals surface area contributed by atoms with E-state index in [1.54, 1.807) is 37.1 Å². The Morgan fingerprint density at radius 3 is 2.43 bits per heavy atom. The molecule has 146 valence electrons. The maximum absolute atomic E-state index is 13.0. The first kappa shape index (κ1) is 19.4. The minimum atomic E-state index is -0.690. The van der Waals surface area contributed by atoms with E-state index in [4.69, 9.17) is 4.74 Å². The lowest BCUT2D eigenvalue weighted by Gasteiger charge is -2.21. The van der Waals surface area contributed by atoms with Gasteiger partial charge in [0.25, 0.3) is 5.91 Å². The lowest BCUT2D eigenvalue weighted by molar-refractivity contribution is 0.0752. The van der Waals surface area contributed by atoms with Crippen molar-refractivity contribution >= 4 is 16.9 Å². The molecule has 0 aliphatic carbocycles. The molecule has 2 aromatic carbocycles. The molecule has 0 aliphatic rings. The molecule has 7 heteroatoms. The molecule has 1 amide bonds. The zero-order valence-electron chi connectivity index (χ0n) is 16.2. The van der Waals surface area contributed by atoms with Crippen LogP contribution in [0.25, 0.3) is 11.0 Å². The second kappa shape index (κ2) is 8.12. The number of methoxy groups -OCH3 is 1. The summed E-state index contributed by atoms with van der Waals surface area (Å²) in [5.41, 5.74) is 1.23. The minimum Gasteiger partial charge on any atom is -0.497 e. The first-order valence-corrected chi connectivity index (χ1v) is 9.17. The third-order valence-electron chi connectivity index (χ3n) is 4.74. The number of H-pyrrole nitrogens is 1. The number of fused-ring (bicyclic) bond motifs is 1. The summed E-state index contributed by atoms with van der Waals surface area (Å²) in [6, 6.07) is 12.6. The van der Waals surface area contributed by atoms with Crippen LogP contribution in [0.4, 0.5) is 0 Å². The zero-order valence-corrected chi connectivity index (χ0v) is 16.2. The first-order valence-electron chi connectivity index (χ1n) is 9.17. The number of aryl methyl sites for hydroxylation is 1. The highest BCUT2D eigenvalue weighted by molar-refractivity contribution is 5.97. The summed E-state index contributed by atoms with van der Waals surface area (Å²) in [5, 5.41) is 0. The summed E-state index contributed by atoms with van der Waals surface area (Å²) >= 11 is 0. The Hall–Kier alpha value is -3.35. The molecule has 1 heterocycles. The van der Waals surface area contributed by atoms with Gasteiger partial charge in [-0.2, -0.15) is 0 Å². The number of rotatable bonds is 6. The quantitative estimate of drug-likeness (QED) is 0.665. The molecular formula is C21H23N3O4. The van der Waals surface area contributed by atoms with E-state index in [0.717, 1.165) is 11.3 Å². The largest absolute Gasteiger partial charge is 0.497 e. The van der Waals surface area contributed by atoms with Crippen molar-refractivity contribution in [2.45, 2.75) is 26.9 Å². The fourth-order valence-corrected chi connectivity index (χ4v) is 3.19. The van der Waals surface area contributed by atoms with Crippen LogP contribution >= 0.6 is 0 Å². The number of carbonyl (C=O) groups excluding carboxylic acids is 1. The molecule has 3 aromatic rings. The monoisotopic (exact) mass is 381 g/mol. The van der Waals surface area contributed by atoms with E-state index in [9.17, 15) is 14.4 Å². The third kappa shape index (κ3) is 3.69. The number of ether oxygens (including phenoxy) is 1. The van der Waals surface area contributed by atoms with Crippen molar-refractivity contribution < 1.29 is 9.53 Å². The number of hydrogen-bond acceptors (Lipinski definition) is 4. The van der Waals surface area contributed by atoms with Gasteiger partial charge in [0.2, 0.25) is 0 Å². The Kier molecular flexibility index (Phi) is 5.63. The van der Waals surface area contributed by atoms with E-state index in [-0.39, 0.29) is 5.91 Å². The molecule has 0 bridgehead atoms. The van der Waals surface area contributed by atoms with Crippen molar-refractivity contribution in [3.63, 3.8) is 0 Å². The molecular weight excluding hydrogens is 358 g/mol. The van der Waals surface area contributed by atoms with E-state index in [1.807, 2.05) is 31.2 Å². The van der Waals surface area contributed by atoms with Gasteiger partial charge in [-0.3, -0.25) is 14.4 Å². The molecule has 0 atom stereocenters. The number of carbonyl (C=O) groups is 1. The number of nitrogens with zero attached hydrogens (tertiary/aromatic N) is 2. The van der Waals surface area contributed by atoms with E-state index < -0.39 is 11.1 Å². The van der Waals surface area contributed by atoms with Crippen LogP contribution in [0.15, 0.2) is 52.1 Å². The molecule has 0 saturated heterocycles. The average Bonchev–Trinajstić information content (AvgIpc) is 2.72.